The number of aromatic nitrogens is 4. The number of imidazole rings is 1. The molecule has 9 aromatic rings. The maximum atomic E-state index is 8.24. The summed E-state index contributed by atoms with van der Waals surface area (Å²) in [5.41, 5.74) is 14.6. The highest BCUT2D eigenvalue weighted by atomic mass is 15.2. The molecular weight excluding hydrogens is 635 g/mol. The monoisotopic (exact) mass is 677 g/mol. The molecule has 0 fully saturated rings. The topological polar surface area (TPSA) is 30.9 Å². The fraction of sp³-hybridized carbons (Fsp3) is 0.106. The van der Waals surface area contributed by atoms with Crippen molar-refractivity contribution in [1.29, 1.82) is 0 Å². The molecule has 5 heteroatoms. The SMILES string of the molecule is [2H]C([2H])([2H])n1[cH+]n(-c2cccc(N(c3ccc4c5ccccc5n(-c5cc(-c6c(C)cccc6C)ccn5)c4c3)c3c(C)cccc3C)c2)c2ccccc21. The van der Waals surface area contributed by atoms with E-state index < -0.39 is 6.98 Å². The van der Waals surface area contributed by atoms with E-state index >= 15 is 0 Å². The summed E-state index contributed by atoms with van der Waals surface area (Å²) in [4.78, 5) is 7.30. The van der Waals surface area contributed by atoms with E-state index in [1.165, 1.54) is 21.3 Å². The normalized spacial score (nSPS) is 12.7. The van der Waals surface area contributed by atoms with Crippen LogP contribution in [0, 0.1) is 27.7 Å². The largest absolute Gasteiger partial charge is 0.309 e. The third-order valence-electron chi connectivity index (χ3n) is 10.3. The Labute approximate surface area is 308 Å². The average Bonchev–Trinajstić information content (AvgIpc) is 3.73. The molecule has 3 aromatic heterocycles. The third kappa shape index (κ3) is 5.08. The summed E-state index contributed by atoms with van der Waals surface area (Å²) in [7, 11) is 0. The molecule has 0 unspecified atom stereocenters. The predicted octanol–water partition coefficient (Wildman–Crippen LogP) is 12.1. The summed E-state index contributed by atoms with van der Waals surface area (Å²) in [5.74, 6) is 0.853. The predicted molar refractivity (Wildman–Crippen MR) is 218 cm³/mol. The highest BCUT2D eigenvalue weighted by Gasteiger charge is 2.22. The number of pyridine rings is 1. The van der Waals surface area contributed by atoms with Crippen molar-refractivity contribution in [3.63, 3.8) is 0 Å². The Morgan fingerprint density at radius 1 is 0.577 bits per heavy atom. The summed E-state index contributed by atoms with van der Waals surface area (Å²) in [6.45, 7) is 6.30. The molecule has 0 saturated carbocycles. The zero-order chi connectivity index (χ0) is 38.0. The number of rotatable bonds is 6. The second-order valence-corrected chi connectivity index (χ2v) is 13.7. The maximum Gasteiger partial charge on any atom is 0.191 e. The first-order chi connectivity index (χ1) is 26.6. The van der Waals surface area contributed by atoms with Gasteiger partial charge in [-0.3, -0.25) is 4.57 Å². The Bertz CT molecular complexity index is 2890. The molecule has 0 aliphatic heterocycles. The molecule has 3 heterocycles. The highest BCUT2D eigenvalue weighted by Crippen LogP contribution is 2.42. The second-order valence-electron chi connectivity index (χ2n) is 13.7. The molecule has 9 rings (SSSR count). The van der Waals surface area contributed by atoms with Gasteiger partial charge in [-0.1, -0.05) is 60.7 Å². The number of para-hydroxylation sites is 4. The maximum absolute atomic E-state index is 8.24. The van der Waals surface area contributed by atoms with Crippen LogP contribution in [0.5, 0.6) is 0 Å². The number of aryl methyl sites for hydroxylation is 5. The van der Waals surface area contributed by atoms with Crippen molar-refractivity contribution < 1.29 is 4.11 Å². The van der Waals surface area contributed by atoms with Gasteiger partial charge in [0.25, 0.3) is 0 Å². The van der Waals surface area contributed by atoms with E-state index in [1.54, 1.807) is 6.33 Å². The molecule has 0 amide bonds. The van der Waals surface area contributed by atoms with Gasteiger partial charge < -0.3 is 4.90 Å². The van der Waals surface area contributed by atoms with Crippen molar-refractivity contribution in [3.05, 3.63) is 174 Å². The fourth-order valence-corrected chi connectivity index (χ4v) is 7.98. The average molecular weight is 678 g/mol. The van der Waals surface area contributed by atoms with Crippen LogP contribution in [-0.2, 0) is 6.98 Å². The Hall–Kier alpha value is -6.46. The lowest BCUT2D eigenvalue weighted by atomic mass is 9.96. The Morgan fingerprint density at radius 3 is 2.00 bits per heavy atom. The number of benzene rings is 6. The van der Waals surface area contributed by atoms with Gasteiger partial charge in [-0.25, -0.2) is 9.55 Å². The molecule has 52 heavy (non-hydrogen) atoms. The zero-order valence-electron chi connectivity index (χ0n) is 32.7. The van der Waals surface area contributed by atoms with Gasteiger partial charge >= 0.3 is 0 Å². The molecule has 0 saturated heterocycles. The van der Waals surface area contributed by atoms with Crippen LogP contribution in [0.15, 0.2) is 152 Å². The molecule has 252 valence electrons. The molecule has 5 nitrogen and oxygen atoms in total. The van der Waals surface area contributed by atoms with E-state index in [1.807, 2.05) is 47.2 Å². The second kappa shape index (κ2) is 12.4. The summed E-state index contributed by atoms with van der Waals surface area (Å²) < 4.78 is 30.3. The number of fused-ring (bicyclic) bond motifs is 4. The van der Waals surface area contributed by atoms with Gasteiger partial charge in [0, 0.05) is 58.0 Å². The van der Waals surface area contributed by atoms with Crippen LogP contribution in [0.4, 0.5) is 17.1 Å². The van der Waals surface area contributed by atoms with Crippen molar-refractivity contribution in [2.45, 2.75) is 27.7 Å². The quantitative estimate of drug-likeness (QED) is 0.164. The van der Waals surface area contributed by atoms with Crippen molar-refractivity contribution in [1.82, 2.24) is 18.7 Å². The van der Waals surface area contributed by atoms with Crippen molar-refractivity contribution in [2.75, 3.05) is 4.90 Å². The van der Waals surface area contributed by atoms with Gasteiger partial charge in [0.05, 0.1) is 22.4 Å². The fourth-order valence-electron chi connectivity index (χ4n) is 7.98. The molecule has 6 aromatic carbocycles. The minimum Gasteiger partial charge on any atom is -0.309 e. The Balaban J connectivity index is 1.27. The van der Waals surface area contributed by atoms with Crippen LogP contribution < -0.4 is 4.90 Å². The van der Waals surface area contributed by atoms with Crippen molar-refractivity contribution in [3.8, 4) is 22.6 Å². The van der Waals surface area contributed by atoms with E-state index in [0.717, 1.165) is 72.6 Å². The van der Waals surface area contributed by atoms with Crippen LogP contribution >= 0.6 is 0 Å². The lowest BCUT2D eigenvalue weighted by Gasteiger charge is -2.29. The Morgan fingerprint density at radius 2 is 1.23 bits per heavy atom. The van der Waals surface area contributed by atoms with Gasteiger partial charge in [0.2, 0.25) is 0 Å². The summed E-state index contributed by atoms with van der Waals surface area (Å²) in [5, 5.41) is 2.30. The number of hydrogen-bond donors (Lipinski definition) is 0. The van der Waals surface area contributed by atoms with E-state index in [0.29, 0.717) is 5.52 Å². The Kier molecular flexibility index (Phi) is 6.74. The van der Waals surface area contributed by atoms with Gasteiger partial charge in [-0.2, -0.15) is 4.57 Å². The minimum atomic E-state index is -2.33. The number of nitrogens with zero attached hydrogens (tertiary/aromatic N) is 5. The lowest BCUT2D eigenvalue weighted by Crippen LogP contribution is -2.13. The first-order valence-corrected chi connectivity index (χ1v) is 17.6. The molecule has 0 aliphatic rings. The summed E-state index contributed by atoms with van der Waals surface area (Å²) in [6.07, 6.45) is 3.60. The van der Waals surface area contributed by atoms with Gasteiger partial charge in [-0.15, -0.1) is 0 Å². The molecule has 0 radical (unpaired) electrons. The van der Waals surface area contributed by atoms with Crippen LogP contribution in [0.3, 0.4) is 0 Å². The third-order valence-corrected chi connectivity index (χ3v) is 10.3. The van der Waals surface area contributed by atoms with E-state index in [4.69, 9.17) is 9.10 Å². The zero-order valence-corrected chi connectivity index (χ0v) is 29.7. The summed E-state index contributed by atoms with van der Waals surface area (Å²) in [6, 6.07) is 48.3. The minimum absolute atomic E-state index is 0.646. The van der Waals surface area contributed by atoms with E-state index in [9.17, 15) is 0 Å². The van der Waals surface area contributed by atoms with Crippen LogP contribution in [0.1, 0.15) is 26.4 Å². The van der Waals surface area contributed by atoms with Crippen molar-refractivity contribution >= 4 is 49.9 Å². The molecule has 0 N–H and O–H groups in total. The molecule has 0 atom stereocenters. The summed E-state index contributed by atoms with van der Waals surface area (Å²) >= 11 is 0. The van der Waals surface area contributed by atoms with Crippen LogP contribution in [0.2, 0.25) is 0 Å². The number of hydrogen-bond acceptors (Lipinski definition) is 2. The molecule has 0 aliphatic carbocycles. The molecule has 0 spiro atoms. The lowest BCUT2D eigenvalue weighted by molar-refractivity contribution is 0.911. The van der Waals surface area contributed by atoms with Crippen molar-refractivity contribution in [2.24, 2.45) is 6.98 Å². The number of anilines is 3. The highest BCUT2D eigenvalue weighted by molar-refractivity contribution is 6.10. The van der Waals surface area contributed by atoms with Gasteiger partial charge in [0.1, 0.15) is 11.5 Å². The molecular formula is C47H40N5+. The smallest absolute Gasteiger partial charge is 0.191 e. The first-order valence-electron chi connectivity index (χ1n) is 19.1. The molecule has 0 bridgehead atoms. The van der Waals surface area contributed by atoms with Crippen LogP contribution in [0.25, 0.3) is 55.5 Å². The first kappa shape index (κ1) is 28.3. The van der Waals surface area contributed by atoms with Gasteiger partial charge in [-0.05, 0) is 116 Å². The van der Waals surface area contributed by atoms with E-state index in [-0.39, 0.29) is 0 Å². The van der Waals surface area contributed by atoms with Gasteiger partial charge in [0.15, 0.2) is 17.4 Å². The standard InChI is InChI=1S/C47H40N5/c1-31-13-10-14-32(2)46(31)35-25-26-48-45(27-35)52-41-20-7-6-19-39(41)40-24-23-38(29-44(40)52)51(47-33(3)15-11-16-34(47)4)37-18-12-17-36(28-37)50-30-49(5)42-21-8-9-22-43(42)50/h6-30H,1-5H3/q+1/i5D3. The van der Waals surface area contributed by atoms with E-state index in [2.05, 4.69) is 140 Å². The van der Waals surface area contributed by atoms with Crippen LogP contribution in [-0.4, -0.2) is 18.7 Å².